The summed E-state index contributed by atoms with van der Waals surface area (Å²) in [5, 5.41) is 12.2. The van der Waals surface area contributed by atoms with Gasteiger partial charge in [-0.25, -0.2) is 0 Å². The minimum atomic E-state index is -0.276. The Morgan fingerprint density at radius 1 is 1.26 bits per heavy atom. The molecule has 0 saturated heterocycles. The molecule has 0 bridgehead atoms. The Morgan fingerprint density at radius 2 is 1.91 bits per heavy atom. The van der Waals surface area contributed by atoms with E-state index in [0.717, 1.165) is 37.0 Å². The number of hydrogen-bond acceptors (Lipinski definition) is 3. The molecule has 0 atom stereocenters. The largest absolute Gasteiger partial charge is 0.491 e. The van der Waals surface area contributed by atoms with Gasteiger partial charge in [0.25, 0.3) is 5.91 Å². The number of benzene rings is 1. The third-order valence-corrected chi connectivity index (χ3v) is 3.87. The third kappa shape index (κ3) is 5.45. The van der Waals surface area contributed by atoms with E-state index in [1.165, 1.54) is 6.42 Å². The molecule has 0 aliphatic heterocycles. The van der Waals surface area contributed by atoms with Crippen molar-refractivity contribution in [3.05, 3.63) is 35.4 Å². The molecule has 122 valence electrons. The molecule has 0 unspecified atom stereocenters. The van der Waals surface area contributed by atoms with Crippen LogP contribution in [0.15, 0.2) is 29.8 Å². The molecule has 1 aromatic carbocycles. The highest BCUT2D eigenvalue weighted by molar-refractivity contribution is 6.01. The highest BCUT2D eigenvalue weighted by Crippen LogP contribution is 2.19. The summed E-state index contributed by atoms with van der Waals surface area (Å²) in [5.41, 5.74) is 0.963. The highest BCUT2D eigenvalue weighted by atomic mass is 16.5. The van der Waals surface area contributed by atoms with Gasteiger partial charge in [-0.1, -0.05) is 31.4 Å². The van der Waals surface area contributed by atoms with Gasteiger partial charge in [-0.3, -0.25) is 4.79 Å². The molecule has 23 heavy (non-hydrogen) atoms. The van der Waals surface area contributed by atoms with Crippen LogP contribution in [0.3, 0.4) is 0 Å². The van der Waals surface area contributed by atoms with Gasteiger partial charge in [-0.2, -0.15) is 5.26 Å². The average molecular weight is 312 g/mol. The van der Waals surface area contributed by atoms with E-state index >= 15 is 0 Å². The van der Waals surface area contributed by atoms with Crippen molar-refractivity contribution in [1.29, 1.82) is 5.26 Å². The van der Waals surface area contributed by atoms with Gasteiger partial charge in [-0.15, -0.1) is 0 Å². The Bertz CT molecular complexity index is 591. The van der Waals surface area contributed by atoms with Crippen LogP contribution >= 0.6 is 0 Å². The van der Waals surface area contributed by atoms with E-state index in [2.05, 4.69) is 5.32 Å². The number of carbonyl (C=O) groups is 1. The van der Waals surface area contributed by atoms with Gasteiger partial charge >= 0.3 is 0 Å². The van der Waals surface area contributed by atoms with E-state index in [0.29, 0.717) is 0 Å². The molecule has 1 aliphatic carbocycles. The van der Waals surface area contributed by atoms with Crippen molar-refractivity contribution >= 4 is 12.0 Å². The molecule has 0 aromatic heterocycles. The number of nitrogens with zero attached hydrogens (tertiary/aromatic N) is 1. The fraction of sp³-hybridized carbons (Fsp3) is 0.474. The Morgan fingerprint density at radius 3 is 2.48 bits per heavy atom. The Hall–Kier alpha value is -2.28. The number of rotatable bonds is 5. The van der Waals surface area contributed by atoms with Crippen molar-refractivity contribution < 1.29 is 9.53 Å². The maximum atomic E-state index is 12.2. The third-order valence-electron chi connectivity index (χ3n) is 3.87. The summed E-state index contributed by atoms with van der Waals surface area (Å²) < 4.78 is 5.58. The summed E-state index contributed by atoms with van der Waals surface area (Å²) >= 11 is 0. The van der Waals surface area contributed by atoms with Crippen molar-refractivity contribution in [3.63, 3.8) is 0 Å². The van der Waals surface area contributed by atoms with Crippen molar-refractivity contribution in [3.8, 4) is 11.8 Å². The lowest BCUT2D eigenvalue weighted by Crippen LogP contribution is -2.36. The molecule has 2 rings (SSSR count). The number of hydrogen-bond donors (Lipinski definition) is 1. The number of amides is 1. The predicted molar refractivity (Wildman–Crippen MR) is 90.8 cm³/mol. The molecule has 1 amide bonds. The molecule has 0 radical (unpaired) electrons. The lowest BCUT2D eigenvalue weighted by Gasteiger charge is -2.22. The number of nitriles is 1. The van der Waals surface area contributed by atoms with Crippen LogP contribution in [0.1, 0.15) is 51.5 Å². The van der Waals surface area contributed by atoms with Crippen LogP contribution in [-0.4, -0.2) is 18.1 Å². The van der Waals surface area contributed by atoms with E-state index in [9.17, 15) is 10.1 Å². The molecular weight excluding hydrogens is 288 g/mol. The first-order valence-electron chi connectivity index (χ1n) is 8.28. The second-order valence-electron chi connectivity index (χ2n) is 6.21. The SMILES string of the molecule is CC(C)Oc1ccc(/C=C(\C#N)C(=O)NC2CCCCC2)cc1. The lowest BCUT2D eigenvalue weighted by atomic mass is 9.95. The number of nitrogens with one attached hydrogen (secondary N) is 1. The van der Waals surface area contributed by atoms with Crippen molar-refractivity contribution in [2.24, 2.45) is 0 Å². The minimum absolute atomic E-state index is 0.118. The Balaban J connectivity index is 2.02. The number of carbonyl (C=O) groups excluding carboxylic acids is 1. The first-order chi connectivity index (χ1) is 11.1. The zero-order chi connectivity index (χ0) is 16.7. The normalized spacial score (nSPS) is 16.0. The van der Waals surface area contributed by atoms with Gasteiger partial charge in [0.1, 0.15) is 17.4 Å². The minimum Gasteiger partial charge on any atom is -0.491 e. The maximum absolute atomic E-state index is 12.2. The van der Waals surface area contributed by atoms with E-state index in [-0.39, 0.29) is 23.6 Å². The molecule has 1 N–H and O–H groups in total. The van der Waals surface area contributed by atoms with Gasteiger partial charge < -0.3 is 10.1 Å². The topological polar surface area (TPSA) is 62.1 Å². The Kier molecular flexibility index (Phi) is 6.22. The monoisotopic (exact) mass is 312 g/mol. The molecular formula is C19H24N2O2. The molecule has 0 spiro atoms. The van der Waals surface area contributed by atoms with E-state index < -0.39 is 0 Å². The molecule has 1 fully saturated rings. The second-order valence-corrected chi connectivity index (χ2v) is 6.21. The van der Waals surface area contributed by atoms with Crippen LogP contribution in [0.4, 0.5) is 0 Å². The molecule has 1 aliphatic rings. The Labute approximate surface area is 138 Å². The molecule has 4 nitrogen and oxygen atoms in total. The van der Waals surface area contributed by atoms with Crippen LogP contribution in [0.2, 0.25) is 0 Å². The first kappa shape index (κ1) is 17.1. The average Bonchev–Trinajstić information content (AvgIpc) is 2.54. The fourth-order valence-corrected chi connectivity index (χ4v) is 2.74. The highest BCUT2D eigenvalue weighted by Gasteiger charge is 2.18. The summed E-state index contributed by atoms with van der Waals surface area (Å²) in [6, 6.07) is 9.60. The summed E-state index contributed by atoms with van der Waals surface area (Å²) in [6.07, 6.45) is 7.28. The zero-order valence-corrected chi connectivity index (χ0v) is 13.8. The van der Waals surface area contributed by atoms with Crippen LogP contribution in [0.25, 0.3) is 6.08 Å². The molecule has 1 aromatic rings. The van der Waals surface area contributed by atoms with Crippen molar-refractivity contribution in [1.82, 2.24) is 5.32 Å². The number of ether oxygens (including phenoxy) is 1. The fourth-order valence-electron chi connectivity index (χ4n) is 2.74. The quantitative estimate of drug-likeness (QED) is 0.664. The zero-order valence-electron chi connectivity index (χ0n) is 13.8. The van der Waals surface area contributed by atoms with E-state index in [1.807, 2.05) is 44.2 Å². The van der Waals surface area contributed by atoms with Crippen LogP contribution in [-0.2, 0) is 4.79 Å². The molecule has 4 heteroatoms. The van der Waals surface area contributed by atoms with Gasteiger partial charge in [-0.05, 0) is 50.5 Å². The van der Waals surface area contributed by atoms with Crippen molar-refractivity contribution in [2.45, 2.75) is 58.1 Å². The van der Waals surface area contributed by atoms with E-state index in [1.54, 1.807) is 6.08 Å². The van der Waals surface area contributed by atoms with Gasteiger partial charge in [0.05, 0.1) is 6.10 Å². The van der Waals surface area contributed by atoms with Crippen molar-refractivity contribution in [2.75, 3.05) is 0 Å². The van der Waals surface area contributed by atoms with E-state index in [4.69, 9.17) is 4.74 Å². The molecule has 0 heterocycles. The summed E-state index contributed by atoms with van der Waals surface area (Å²) in [4.78, 5) is 12.2. The maximum Gasteiger partial charge on any atom is 0.262 e. The summed E-state index contributed by atoms with van der Waals surface area (Å²) in [7, 11) is 0. The first-order valence-corrected chi connectivity index (χ1v) is 8.28. The smallest absolute Gasteiger partial charge is 0.262 e. The lowest BCUT2D eigenvalue weighted by molar-refractivity contribution is -0.117. The molecule has 1 saturated carbocycles. The van der Waals surface area contributed by atoms with Gasteiger partial charge in [0.2, 0.25) is 0 Å². The van der Waals surface area contributed by atoms with Gasteiger partial charge in [0, 0.05) is 6.04 Å². The van der Waals surface area contributed by atoms with Crippen LogP contribution in [0, 0.1) is 11.3 Å². The second kappa shape index (κ2) is 8.38. The van der Waals surface area contributed by atoms with Gasteiger partial charge in [0.15, 0.2) is 0 Å². The van der Waals surface area contributed by atoms with Crippen LogP contribution < -0.4 is 10.1 Å². The standard InChI is InChI=1S/C19H24N2O2/c1-14(2)23-18-10-8-15(9-11-18)12-16(13-20)19(22)21-17-6-4-3-5-7-17/h8-12,14,17H,3-7H2,1-2H3,(H,21,22)/b16-12+. The van der Waals surface area contributed by atoms with Crippen LogP contribution in [0.5, 0.6) is 5.75 Å². The predicted octanol–water partition coefficient (Wildman–Crippen LogP) is 3.83. The summed E-state index contributed by atoms with van der Waals surface area (Å²) in [5.74, 6) is 0.504. The summed E-state index contributed by atoms with van der Waals surface area (Å²) in [6.45, 7) is 3.94.